The number of hydrogen-bond acceptors (Lipinski definition) is 3. The van der Waals surface area contributed by atoms with Crippen LogP contribution in [0.25, 0.3) is 11.3 Å². The molecular weight excluding hydrogens is 236 g/mol. The van der Waals surface area contributed by atoms with E-state index in [9.17, 15) is 0 Å². The maximum atomic E-state index is 8.93. The molecule has 1 aromatic carbocycles. The first-order valence-corrected chi connectivity index (χ1v) is 6.63. The molecule has 1 saturated heterocycles. The summed E-state index contributed by atoms with van der Waals surface area (Å²) in [5, 5.41) is 12.3. The van der Waals surface area contributed by atoms with E-state index in [0.717, 1.165) is 43.0 Å². The van der Waals surface area contributed by atoms with E-state index in [1.165, 1.54) is 0 Å². The number of nitrogens with one attached hydrogen (secondary N) is 2. The molecule has 4 heteroatoms. The third-order valence-electron chi connectivity index (χ3n) is 3.61. The molecule has 1 aromatic heterocycles. The molecule has 2 heterocycles. The highest BCUT2D eigenvalue weighted by atomic mass is 14.9. The van der Waals surface area contributed by atoms with Crippen LogP contribution in [0.1, 0.15) is 30.1 Å². The van der Waals surface area contributed by atoms with Crippen LogP contribution in [-0.2, 0) is 0 Å². The number of imidazole rings is 1. The van der Waals surface area contributed by atoms with Crippen LogP contribution >= 0.6 is 0 Å². The first kappa shape index (κ1) is 11.9. The second-order valence-corrected chi connectivity index (χ2v) is 4.89. The molecule has 1 aliphatic heterocycles. The number of aromatic nitrogens is 2. The van der Waals surface area contributed by atoms with Crippen molar-refractivity contribution in [2.45, 2.75) is 18.8 Å². The molecule has 19 heavy (non-hydrogen) atoms. The van der Waals surface area contributed by atoms with Crippen molar-refractivity contribution in [1.29, 1.82) is 5.26 Å². The SMILES string of the molecule is N#Cc1cccc(-c2c[nH]c(C3CCNCC3)n2)c1. The van der Waals surface area contributed by atoms with Crippen molar-refractivity contribution in [2.75, 3.05) is 13.1 Å². The number of hydrogen-bond donors (Lipinski definition) is 2. The molecule has 0 spiro atoms. The van der Waals surface area contributed by atoms with Gasteiger partial charge in [-0.2, -0.15) is 5.26 Å². The average Bonchev–Trinajstić information content (AvgIpc) is 2.98. The van der Waals surface area contributed by atoms with Gasteiger partial charge in [-0.15, -0.1) is 0 Å². The third-order valence-corrected chi connectivity index (χ3v) is 3.61. The van der Waals surface area contributed by atoms with Crippen LogP contribution < -0.4 is 5.32 Å². The third kappa shape index (κ3) is 2.51. The van der Waals surface area contributed by atoms with E-state index in [4.69, 9.17) is 5.26 Å². The molecular formula is C15H16N4. The Kier molecular flexibility index (Phi) is 3.30. The second kappa shape index (κ2) is 5.25. The number of nitrogens with zero attached hydrogens (tertiary/aromatic N) is 2. The lowest BCUT2D eigenvalue weighted by Gasteiger charge is -2.20. The zero-order valence-electron chi connectivity index (χ0n) is 10.7. The topological polar surface area (TPSA) is 64.5 Å². The van der Waals surface area contributed by atoms with Gasteiger partial charge in [0.05, 0.1) is 17.3 Å². The lowest BCUT2D eigenvalue weighted by molar-refractivity contribution is 0.447. The van der Waals surface area contributed by atoms with Gasteiger partial charge in [0.2, 0.25) is 0 Å². The van der Waals surface area contributed by atoms with Crippen LogP contribution in [0.5, 0.6) is 0 Å². The predicted octanol–water partition coefficient (Wildman–Crippen LogP) is 2.42. The molecule has 0 unspecified atom stereocenters. The zero-order valence-corrected chi connectivity index (χ0v) is 10.7. The molecule has 0 amide bonds. The smallest absolute Gasteiger partial charge is 0.110 e. The van der Waals surface area contributed by atoms with Gasteiger partial charge in [-0.3, -0.25) is 0 Å². The summed E-state index contributed by atoms with van der Waals surface area (Å²) in [4.78, 5) is 7.98. The minimum Gasteiger partial charge on any atom is -0.348 e. The van der Waals surface area contributed by atoms with Crippen molar-refractivity contribution in [3.63, 3.8) is 0 Å². The Hall–Kier alpha value is -2.12. The quantitative estimate of drug-likeness (QED) is 0.862. The highest BCUT2D eigenvalue weighted by Crippen LogP contribution is 2.25. The molecule has 0 bridgehead atoms. The summed E-state index contributed by atoms with van der Waals surface area (Å²) in [6.07, 6.45) is 4.20. The largest absolute Gasteiger partial charge is 0.348 e. The van der Waals surface area contributed by atoms with Gasteiger partial charge in [-0.1, -0.05) is 12.1 Å². The van der Waals surface area contributed by atoms with E-state index in [1.54, 1.807) is 0 Å². The number of H-pyrrole nitrogens is 1. The maximum Gasteiger partial charge on any atom is 0.110 e. The van der Waals surface area contributed by atoms with Gasteiger partial charge in [0.25, 0.3) is 0 Å². The number of benzene rings is 1. The second-order valence-electron chi connectivity index (χ2n) is 4.89. The number of rotatable bonds is 2. The number of piperidine rings is 1. The van der Waals surface area contributed by atoms with E-state index in [0.29, 0.717) is 11.5 Å². The van der Waals surface area contributed by atoms with E-state index >= 15 is 0 Å². The minimum absolute atomic E-state index is 0.522. The lowest BCUT2D eigenvalue weighted by Crippen LogP contribution is -2.27. The van der Waals surface area contributed by atoms with Crippen molar-refractivity contribution < 1.29 is 0 Å². The Balaban J connectivity index is 1.86. The molecule has 0 saturated carbocycles. The molecule has 4 nitrogen and oxygen atoms in total. The fourth-order valence-corrected chi connectivity index (χ4v) is 2.54. The van der Waals surface area contributed by atoms with Crippen LogP contribution in [0.15, 0.2) is 30.5 Å². The van der Waals surface area contributed by atoms with Crippen LogP contribution in [0.4, 0.5) is 0 Å². The highest BCUT2D eigenvalue weighted by Gasteiger charge is 2.18. The van der Waals surface area contributed by atoms with Gasteiger partial charge in [0.15, 0.2) is 0 Å². The number of aromatic amines is 1. The fraction of sp³-hybridized carbons (Fsp3) is 0.333. The van der Waals surface area contributed by atoms with Crippen molar-refractivity contribution in [2.24, 2.45) is 0 Å². The van der Waals surface area contributed by atoms with Crippen LogP contribution in [0.3, 0.4) is 0 Å². The molecule has 1 fully saturated rings. The molecule has 96 valence electrons. The summed E-state index contributed by atoms with van der Waals surface area (Å²) in [6, 6.07) is 9.73. The van der Waals surface area contributed by atoms with Crippen molar-refractivity contribution in [3.05, 3.63) is 41.9 Å². The Morgan fingerprint density at radius 1 is 1.26 bits per heavy atom. The highest BCUT2D eigenvalue weighted by molar-refractivity contribution is 5.60. The van der Waals surface area contributed by atoms with Gasteiger partial charge >= 0.3 is 0 Å². The molecule has 1 aliphatic rings. The normalized spacial score (nSPS) is 16.2. The minimum atomic E-state index is 0.522. The summed E-state index contributed by atoms with van der Waals surface area (Å²) in [5.74, 6) is 1.59. The molecule has 0 aliphatic carbocycles. The first-order valence-electron chi connectivity index (χ1n) is 6.63. The van der Waals surface area contributed by atoms with Crippen molar-refractivity contribution in [1.82, 2.24) is 15.3 Å². The number of nitriles is 1. The maximum absolute atomic E-state index is 8.93. The molecule has 2 aromatic rings. The standard InChI is InChI=1S/C15H16N4/c16-9-11-2-1-3-13(8-11)14-10-18-15(19-14)12-4-6-17-7-5-12/h1-3,8,10,12,17H,4-7H2,(H,18,19). The van der Waals surface area contributed by atoms with E-state index in [2.05, 4.69) is 21.4 Å². The van der Waals surface area contributed by atoms with E-state index in [-0.39, 0.29) is 0 Å². The Labute approximate surface area is 112 Å². The van der Waals surface area contributed by atoms with Crippen molar-refractivity contribution in [3.8, 4) is 17.3 Å². The molecule has 0 radical (unpaired) electrons. The Morgan fingerprint density at radius 2 is 2.11 bits per heavy atom. The summed E-state index contributed by atoms with van der Waals surface area (Å²) < 4.78 is 0. The summed E-state index contributed by atoms with van der Waals surface area (Å²) >= 11 is 0. The van der Waals surface area contributed by atoms with Crippen LogP contribution in [0.2, 0.25) is 0 Å². The Morgan fingerprint density at radius 3 is 2.89 bits per heavy atom. The van der Waals surface area contributed by atoms with Gasteiger partial charge < -0.3 is 10.3 Å². The van der Waals surface area contributed by atoms with Gasteiger partial charge in [-0.05, 0) is 38.1 Å². The molecule has 0 atom stereocenters. The summed E-state index contributed by atoms with van der Waals surface area (Å²) in [5.41, 5.74) is 2.59. The Bertz CT molecular complexity index is 603. The van der Waals surface area contributed by atoms with Gasteiger partial charge in [0, 0.05) is 17.7 Å². The van der Waals surface area contributed by atoms with E-state index in [1.807, 2.05) is 30.5 Å². The average molecular weight is 252 g/mol. The van der Waals surface area contributed by atoms with E-state index < -0.39 is 0 Å². The predicted molar refractivity (Wildman–Crippen MR) is 73.6 cm³/mol. The summed E-state index contributed by atoms with van der Waals surface area (Å²) in [7, 11) is 0. The molecule has 3 rings (SSSR count). The monoisotopic (exact) mass is 252 g/mol. The summed E-state index contributed by atoms with van der Waals surface area (Å²) in [6.45, 7) is 2.12. The van der Waals surface area contributed by atoms with Crippen LogP contribution in [0, 0.1) is 11.3 Å². The van der Waals surface area contributed by atoms with Crippen LogP contribution in [-0.4, -0.2) is 23.1 Å². The fourth-order valence-electron chi connectivity index (χ4n) is 2.54. The van der Waals surface area contributed by atoms with Crippen molar-refractivity contribution >= 4 is 0 Å². The van der Waals surface area contributed by atoms with Gasteiger partial charge in [0.1, 0.15) is 5.82 Å². The van der Waals surface area contributed by atoms with Gasteiger partial charge in [-0.25, -0.2) is 4.98 Å². The zero-order chi connectivity index (χ0) is 13.1. The first-order chi connectivity index (χ1) is 9.36. The lowest BCUT2D eigenvalue weighted by atomic mass is 9.98. The molecule has 2 N–H and O–H groups in total.